The lowest BCUT2D eigenvalue weighted by Crippen LogP contribution is -1.95. The van der Waals surface area contributed by atoms with E-state index in [4.69, 9.17) is 14.5 Å². The highest BCUT2D eigenvalue weighted by Gasteiger charge is 2.15. The molecule has 0 amide bonds. The van der Waals surface area contributed by atoms with Crippen LogP contribution in [0, 0.1) is 0 Å². The van der Waals surface area contributed by atoms with Crippen LogP contribution in [0.2, 0.25) is 0 Å². The van der Waals surface area contributed by atoms with Gasteiger partial charge >= 0.3 is 0 Å². The number of anilines is 2. The average Bonchev–Trinajstić information content (AvgIpc) is 3.48. The number of ether oxygens (including phenoxy) is 2. The Morgan fingerprint density at radius 2 is 1.96 bits per heavy atom. The van der Waals surface area contributed by atoms with Crippen LogP contribution in [-0.2, 0) is 0 Å². The van der Waals surface area contributed by atoms with E-state index < -0.39 is 0 Å². The van der Waals surface area contributed by atoms with Gasteiger partial charge in [-0.1, -0.05) is 12.1 Å². The lowest BCUT2D eigenvalue weighted by atomic mass is 10.1. The maximum absolute atomic E-state index is 5.47. The molecule has 0 spiro atoms. The van der Waals surface area contributed by atoms with Crippen LogP contribution in [0.25, 0.3) is 32.4 Å². The van der Waals surface area contributed by atoms with Crippen molar-refractivity contribution in [2.75, 3.05) is 12.1 Å². The van der Waals surface area contributed by atoms with Crippen molar-refractivity contribution in [2.45, 2.75) is 0 Å². The summed E-state index contributed by atoms with van der Waals surface area (Å²) in [7, 11) is 0. The van der Waals surface area contributed by atoms with Crippen molar-refractivity contribution in [1.29, 1.82) is 0 Å². The number of nitrogens with zero attached hydrogens (tertiary/aromatic N) is 4. The summed E-state index contributed by atoms with van der Waals surface area (Å²) in [6, 6.07) is 13.9. The molecular formula is C19H12N6O2S. The first-order chi connectivity index (χ1) is 13.8. The van der Waals surface area contributed by atoms with E-state index >= 15 is 0 Å². The zero-order valence-electron chi connectivity index (χ0n) is 14.3. The van der Waals surface area contributed by atoms with Crippen molar-refractivity contribution in [3.05, 3.63) is 47.8 Å². The zero-order valence-corrected chi connectivity index (χ0v) is 15.2. The van der Waals surface area contributed by atoms with Crippen LogP contribution in [0.3, 0.4) is 0 Å². The second kappa shape index (κ2) is 5.89. The van der Waals surface area contributed by atoms with Gasteiger partial charge in [-0.2, -0.15) is 0 Å². The highest BCUT2D eigenvalue weighted by atomic mass is 32.1. The number of rotatable bonds is 3. The second-order valence-electron chi connectivity index (χ2n) is 6.30. The molecule has 2 aromatic carbocycles. The van der Waals surface area contributed by atoms with Gasteiger partial charge in [0.2, 0.25) is 6.79 Å². The van der Waals surface area contributed by atoms with Gasteiger partial charge in [0, 0.05) is 32.8 Å². The van der Waals surface area contributed by atoms with Crippen molar-refractivity contribution in [3.63, 3.8) is 0 Å². The molecule has 0 fully saturated rings. The third kappa shape index (κ3) is 2.37. The number of hydrogen-bond acceptors (Lipinski definition) is 8. The molecule has 6 rings (SSSR count). The number of thiophene rings is 1. The van der Waals surface area contributed by atoms with E-state index in [-0.39, 0.29) is 6.79 Å². The summed E-state index contributed by atoms with van der Waals surface area (Å²) >= 11 is 1.69. The van der Waals surface area contributed by atoms with Crippen LogP contribution in [0.5, 0.6) is 11.5 Å². The Hall–Kier alpha value is -3.72. The minimum Gasteiger partial charge on any atom is -0.454 e. The minimum atomic E-state index is 0.251. The molecule has 1 aliphatic rings. The largest absolute Gasteiger partial charge is 0.454 e. The number of nitrogens with one attached hydrogen (secondary N) is 2. The highest BCUT2D eigenvalue weighted by Crippen LogP contribution is 2.38. The van der Waals surface area contributed by atoms with Crippen LogP contribution >= 0.6 is 11.3 Å². The molecule has 0 saturated heterocycles. The van der Waals surface area contributed by atoms with E-state index in [0.29, 0.717) is 5.82 Å². The molecule has 1 aliphatic heterocycles. The first-order valence-corrected chi connectivity index (χ1v) is 9.45. The molecular weight excluding hydrogens is 376 g/mol. The SMILES string of the molecule is c1cc2c(Nc3ccc4c(c3)OCO4)nc3cc(-c4nnn[nH]4)ccc3c2s1. The Morgan fingerprint density at radius 3 is 2.89 bits per heavy atom. The molecule has 2 N–H and O–H groups in total. The first kappa shape index (κ1) is 15.3. The Balaban J connectivity index is 1.49. The molecule has 9 heteroatoms. The topological polar surface area (TPSA) is 97.8 Å². The highest BCUT2D eigenvalue weighted by molar-refractivity contribution is 7.18. The number of aromatic amines is 1. The Morgan fingerprint density at radius 1 is 1.00 bits per heavy atom. The molecule has 5 aromatic rings. The maximum atomic E-state index is 5.47. The fraction of sp³-hybridized carbons (Fsp3) is 0.0526. The number of H-pyrrole nitrogens is 1. The quantitative estimate of drug-likeness (QED) is 0.480. The third-order valence-corrected chi connectivity index (χ3v) is 5.60. The van der Waals surface area contributed by atoms with Gasteiger partial charge in [-0.15, -0.1) is 16.4 Å². The molecule has 0 radical (unpaired) electrons. The van der Waals surface area contributed by atoms with Crippen molar-refractivity contribution in [3.8, 4) is 22.9 Å². The van der Waals surface area contributed by atoms with Gasteiger partial charge in [-0.25, -0.2) is 10.1 Å². The summed E-state index contributed by atoms with van der Waals surface area (Å²) in [5, 5.41) is 21.7. The maximum Gasteiger partial charge on any atom is 0.231 e. The summed E-state index contributed by atoms with van der Waals surface area (Å²) in [6.45, 7) is 0.251. The first-order valence-electron chi connectivity index (χ1n) is 8.57. The van der Waals surface area contributed by atoms with E-state index in [1.165, 1.54) is 4.70 Å². The van der Waals surface area contributed by atoms with Gasteiger partial charge in [-0.05, 0) is 40.1 Å². The fourth-order valence-corrected chi connectivity index (χ4v) is 4.27. The van der Waals surface area contributed by atoms with E-state index in [1.807, 2.05) is 30.3 Å². The van der Waals surface area contributed by atoms with Crippen LogP contribution < -0.4 is 14.8 Å². The molecule has 4 heterocycles. The predicted molar refractivity (Wildman–Crippen MR) is 106 cm³/mol. The van der Waals surface area contributed by atoms with Crippen molar-refractivity contribution in [2.24, 2.45) is 0 Å². The lowest BCUT2D eigenvalue weighted by molar-refractivity contribution is 0.174. The molecule has 0 unspecified atom stereocenters. The van der Waals surface area contributed by atoms with Gasteiger partial charge in [0.25, 0.3) is 0 Å². The van der Waals surface area contributed by atoms with Gasteiger partial charge < -0.3 is 14.8 Å². The number of aromatic nitrogens is 5. The Bertz CT molecular complexity index is 1330. The van der Waals surface area contributed by atoms with Crippen LogP contribution in [0.4, 0.5) is 11.5 Å². The molecule has 136 valence electrons. The minimum absolute atomic E-state index is 0.251. The van der Waals surface area contributed by atoms with E-state index in [1.54, 1.807) is 11.3 Å². The zero-order chi connectivity index (χ0) is 18.5. The summed E-state index contributed by atoms with van der Waals surface area (Å²) in [5.74, 6) is 2.88. The van der Waals surface area contributed by atoms with Crippen LogP contribution in [0.1, 0.15) is 0 Å². The number of benzene rings is 2. The molecule has 3 aromatic heterocycles. The molecule has 8 nitrogen and oxygen atoms in total. The standard InChI is InChI=1S/C19H12N6O2S/c1-3-12-14(7-10(1)18-22-24-25-23-18)21-19(13-5-6-28-17(12)13)20-11-2-4-15-16(8-11)27-9-26-15/h1-8H,9H2,(H,20,21)(H,22,23,24,25). The number of tetrazole rings is 1. The number of pyridine rings is 1. The van der Waals surface area contributed by atoms with Crippen molar-refractivity contribution >= 4 is 43.8 Å². The van der Waals surface area contributed by atoms with E-state index in [0.717, 1.165) is 44.9 Å². The smallest absolute Gasteiger partial charge is 0.231 e. The van der Waals surface area contributed by atoms with Crippen molar-refractivity contribution in [1.82, 2.24) is 25.6 Å². The lowest BCUT2D eigenvalue weighted by Gasteiger charge is -2.10. The monoisotopic (exact) mass is 388 g/mol. The van der Waals surface area contributed by atoms with Gasteiger partial charge in [0.1, 0.15) is 5.82 Å². The summed E-state index contributed by atoms with van der Waals surface area (Å²) in [6.07, 6.45) is 0. The number of hydrogen-bond donors (Lipinski definition) is 2. The summed E-state index contributed by atoms with van der Waals surface area (Å²) < 4.78 is 12.0. The van der Waals surface area contributed by atoms with Crippen LogP contribution in [0.15, 0.2) is 47.8 Å². The molecule has 0 bridgehead atoms. The number of fused-ring (bicyclic) bond motifs is 4. The van der Waals surface area contributed by atoms with Crippen molar-refractivity contribution < 1.29 is 9.47 Å². The van der Waals surface area contributed by atoms with Gasteiger partial charge in [0.05, 0.1) is 5.52 Å². The Labute approximate surface area is 162 Å². The summed E-state index contributed by atoms with van der Waals surface area (Å²) in [5.41, 5.74) is 2.64. The molecule has 0 aliphatic carbocycles. The second-order valence-corrected chi connectivity index (χ2v) is 7.21. The predicted octanol–water partition coefficient (Wildman–Crippen LogP) is 4.10. The fourth-order valence-electron chi connectivity index (χ4n) is 3.34. The molecule has 0 saturated carbocycles. The van der Waals surface area contributed by atoms with E-state index in [9.17, 15) is 0 Å². The van der Waals surface area contributed by atoms with Gasteiger partial charge in [-0.3, -0.25) is 0 Å². The molecule has 28 heavy (non-hydrogen) atoms. The Kier molecular flexibility index (Phi) is 3.23. The average molecular weight is 388 g/mol. The molecule has 0 atom stereocenters. The van der Waals surface area contributed by atoms with Gasteiger partial charge in [0.15, 0.2) is 17.3 Å². The third-order valence-electron chi connectivity index (χ3n) is 4.65. The van der Waals surface area contributed by atoms with E-state index in [2.05, 4.69) is 43.5 Å². The van der Waals surface area contributed by atoms with Crippen LogP contribution in [-0.4, -0.2) is 32.4 Å². The summed E-state index contributed by atoms with van der Waals surface area (Å²) in [4.78, 5) is 4.88. The normalized spacial score (nSPS) is 12.7.